The molecule has 0 radical (unpaired) electrons. The summed E-state index contributed by atoms with van der Waals surface area (Å²) in [5.74, 6) is 2.22. The Bertz CT molecular complexity index is 402. The fourth-order valence-corrected chi connectivity index (χ4v) is 4.56. The molecule has 1 unspecified atom stereocenters. The average molecular weight is 342 g/mol. The molecular weight excluding hydrogens is 318 g/mol. The lowest BCUT2D eigenvalue weighted by atomic mass is 10.1. The van der Waals surface area contributed by atoms with Gasteiger partial charge in [-0.2, -0.15) is 0 Å². The van der Waals surface area contributed by atoms with Crippen molar-refractivity contribution in [3.05, 3.63) is 28.2 Å². The minimum absolute atomic E-state index is 0.426. The van der Waals surface area contributed by atoms with Crippen LogP contribution in [0.5, 0.6) is 0 Å². The SMILES string of the molecule is CCNC(C)c1ccc(SCC2CCCC2)c(Br)c1. The summed E-state index contributed by atoms with van der Waals surface area (Å²) >= 11 is 5.74. The van der Waals surface area contributed by atoms with Crippen molar-refractivity contribution in [3.63, 3.8) is 0 Å². The average Bonchev–Trinajstić information content (AvgIpc) is 2.90. The van der Waals surface area contributed by atoms with Gasteiger partial charge in [0.1, 0.15) is 0 Å². The molecule has 0 spiro atoms. The molecule has 1 nitrogen and oxygen atoms in total. The first-order valence-electron chi connectivity index (χ1n) is 7.36. The Kier molecular flexibility index (Phi) is 6.24. The maximum absolute atomic E-state index is 3.73. The van der Waals surface area contributed by atoms with Crippen molar-refractivity contribution < 1.29 is 0 Å². The molecule has 1 N–H and O–H groups in total. The van der Waals surface area contributed by atoms with Crippen LogP contribution in [0.1, 0.15) is 51.1 Å². The summed E-state index contributed by atoms with van der Waals surface area (Å²) in [6.45, 7) is 5.38. The van der Waals surface area contributed by atoms with Crippen molar-refractivity contribution in [2.45, 2.75) is 50.5 Å². The summed E-state index contributed by atoms with van der Waals surface area (Å²) in [5, 5.41) is 3.46. The quantitative estimate of drug-likeness (QED) is 0.695. The Labute approximate surface area is 130 Å². The third-order valence-corrected chi connectivity index (χ3v) is 6.14. The highest BCUT2D eigenvalue weighted by Crippen LogP contribution is 2.35. The van der Waals surface area contributed by atoms with Crippen molar-refractivity contribution in [2.24, 2.45) is 5.92 Å². The zero-order chi connectivity index (χ0) is 13.7. The van der Waals surface area contributed by atoms with Gasteiger partial charge in [0.05, 0.1) is 0 Å². The Morgan fingerprint density at radius 1 is 1.37 bits per heavy atom. The van der Waals surface area contributed by atoms with Crippen molar-refractivity contribution in [1.29, 1.82) is 0 Å². The third-order valence-electron chi connectivity index (χ3n) is 3.92. The summed E-state index contributed by atoms with van der Waals surface area (Å²) in [6.07, 6.45) is 5.73. The van der Waals surface area contributed by atoms with Crippen LogP contribution in [0.15, 0.2) is 27.6 Å². The fourth-order valence-electron chi connectivity index (χ4n) is 2.71. The van der Waals surface area contributed by atoms with Gasteiger partial charge in [-0.05, 0) is 65.9 Å². The standard InChI is InChI=1S/C16H24BrNS/c1-3-18-12(2)14-8-9-16(15(17)10-14)19-11-13-6-4-5-7-13/h8-10,12-13,18H,3-7,11H2,1-2H3. The number of thioether (sulfide) groups is 1. The van der Waals surface area contributed by atoms with Gasteiger partial charge in [0.25, 0.3) is 0 Å². The molecule has 1 aromatic rings. The van der Waals surface area contributed by atoms with E-state index in [4.69, 9.17) is 0 Å². The van der Waals surface area contributed by atoms with E-state index in [-0.39, 0.29) is 0 Å². The lowest BCUT2D eigenvalue weighted by Crippen LogP contribution is -2.17. The van der Waals surface area contributed by atoms with Crippen LogP contribution < -0.4 is 5.32 Å². The smallest absolute Gasteiger partial charge is 0.0314 e. The van der Waals surface area contributed by atoms with Crippen molar-refractivity contribution in [1.82, 2.24) is 5.32 Å². The van der Waals surface area contributed by atoms with Crippen LogP contribution in [0, 0.1) is 5.92 Å². The largest absolute Gasteiger partial charge is 0.310 e. The molecule has 1 atom stereocenters. The van der Waals surface area contributed by atoms with E-state index >= 15 is 0 Å². The lowest BCUT2D eigenvalue weighted by Gasteiger charge is -2.15. The van der Waals surface area contributed by atoms with Gasteiger partial charge >= 0.3 is 0 Å². The lowest BCUT2D eigenvalue weighted by molar-refractivity contribution is 0.597. The minimum Gasteiger partial charge on any atom is -0.310 e. The molecule has 2 rings (SSSR count). The summed E-state index contributed by atoms with van der Waals surface area (Å²) in [4.78, 5) is 1.39. The molecule has 1 fully saturated rings. The molecule has 0 aliphatic heterocycles. The highest BCUT2D eigenvalue weighted by atomic mass is 79.9. The van der Waals surface area contributed by atoms with Crippen LogP contribution in [0.4, 0.5) is 0 Å². The van der Waals surface area contributed by atoms with Crippen LogP contribution in [-0.2, 0) is 0 Å². The van der Waals surface area contributed by atoms with Gasteiger partial charge in [0, 0.05) is 21.2 Å². The van der Waals surface area contributed by atoms with E-state index in [1.807, 2.05) is 11.8 Å². The Hall–Kier alpha value is 0.01000. The Morgan fingerprint density at radius 2 is 2.11 bits per heavy atom. The molecule has 3 heteroatoms. The van der Waals surface area contributed by atoms with Crippen LogP contribution in [0.25, 0.3) is 0 Å². The first-order chi connectivity index (χ1) is 9.20. The first kappa shape index (κ1) is 15.4. The zero-order valence-corrected chi connectivity index (χ0v) is 14.3. The number of nitrogens with one attached hydrogen (secondary N) is 1. The fraction of sp³-hybridized carbons (Fsp3) is 0.625. The van der Waals surface area contributed by atoms with Gasteiger partial charge in [-0.25, -0.2) is 0 Å². The molecule has 1 saturated carbocycles. The van der Waals surface area contributed by atoms with Crippen molar-refractivity contribution in [2.75, 3.05) is 12.3 Å². The van der Waals surface area contributed by atoms with E-state index in [0.717, 1.165) is 12.5 Å². The molecule has 0 amide bonds. The van der Waals surface area contributed by atoms with Gasteiger partial charge in [-0.1, -0.05) is 25.8 Å². The van der Waals surface area contributed by atoms with Crippen molar-refractivity contribution in [3.8, 4) is 0 Å². The number of hydrogen-bond acceptors (Lipinski definition) is 2. The van der Waals surface area contributed by atoms with E-state index < -0.39 is 0 Å². The highest BCUT2D eigenvalue weighted by Gasteiger charge is 2.16. The topological polar surface area (TPSA) is 12.0 Å². The normalized spacial score (nSPS) is 17.8. The summed E-state index contributed by atoms with van der Waals surface area (Å²) in [5.41, 5.74) is 1.36. The van der Waals surface area contributed by atoms with E-state index in [0.29, 0.717) is 6.04 Å². The van der Waals surface area contributed by atoms with E-state index in [1.54, 1.807) is 0 Å². The van der Waals surface area contributed by atoms with E-state index in [9.17, 15) is 0 Å². The second-order valence-electron chi connectivity index (χ2n) is 5.43. The predicted octanol–water partition coefficient (Wildman–Crippen LogP) is 5.40. The number of hydrogen-bond donors (Lipinski definition) is 1. The van der Waals surface area contributed by atoms with Gasteiger partial charge in [-0.15, -0.1) is 11.8 Å². The van der Waals surface area contributed by atoms with Gasteiger partial charge in [-0.3, -0.25) is 0 Å². The van der Waals surface area contributed by atoms with Crippen LogP contribution in [0.3, 0.4) is 0 Å². The maximum atomic E-state index is 3.73. The second kappa shape index (κ2) is 7.70. The molecule has 0 heterocycles. The van der Waals surface area contributed by atoms with Crippen LogP contribution >= 0.6 is 27.7 Å². The summed E-state index contributed by atoms with van der Waals surface area (Å²) in [6, 6.07) is 7.22. The number of rotatable bonds is 6. The molecule has 1 aromatic carbocycles. The summed E-state index contributed by atoms with van der Waals surface area (Å²) < 4.78 is 1.25. The Balaban J connectivity index is 1.94. The molecule has 0 saturated heterocycles. The monoisotopic (exact) mass is 341 g/mol. The molecule has 106 valence electrons. The highest BCUT2D eigenvalue weighted by molar-refractivity contribution is 9.10. The third kappa shape index (κ3) is 4.51. The first-order valence-corrected chi connectivity index (χ1v) is 9.14. The maximum Gasteiger partial charge on any atom is 0.0314 e. The molecule has 19 heavy (non-hydrogen) atoms. The molecular formula is C16H24BrNS. The second-order valence-corrected chi connectivity index (χ2v) is 7.35. The van der Waals surface area contributed by atoms with Crippen molar-refractivity contribution >= 4 is 27.7 Å². The molecule has 0 bridgehead atoms. The molecule has 0 aromatic heterocycles. The number of halogens is 1. The predicted molar refractivity (Wildman–Crippen MR) is 88.9 cm³/mol. The van der Waals surface area contributed by atoms with Gasteiger partial charge < -0.3 is 5.32 Å². The van der Waals surface area contributed by atoms with E-state index in [1.165, 1.54) is 46.4 Å². The van der Waals surface area contributed by atoms with Gasteiger partial charge in [0.2, 0.25) is 0 Å². The summed E-state index contributed by atoms with van der Waals surface area (Å²) in [7, 11) is 0. The van der Waals surface area contributed by atoms with Crippen LogP contribution in [-0.4, -0.2) is 12.3 Å². The number of benzene rings is 1. The van der Waals surface area contributed by atoms with Crippen LogP contribution in [0.2, 0.25) is 0 Å². The zero-order valence-electron chi connectivity index (χ0n) is 11.9. The minimum atomic E-state index is 0.426. The Morgan fingerprint density at radius 3 is 2.74 bits per heavy atom. The molecule has 1 aliphatic rings. The van der Waals surface area contributed by atoms with Gasteiger partial charge in [0.15, 0.2) is 0 Å². The van der Waals surface area contributed by atoms with E-state index in [2.05, 4.69) is 53.3 Å². The molecule has 1 aliphatic carbocycles.